The van der Waals surface area contributed by atoms with E-state index >= 15 is 0 Å². The van der Waals surface area contributed by atoms with E-state index in [2.05, 4.69) is 11.9 Å². The molecule has 3 heterocycles. The van der Waals surface area contributed by atoms with E-state index in [0.717, 1.165) is 44.6 Å². The van der Waals surface area contributed by atoms with Gasteiger partial charge in [-0.15, -0.1) is 0 Å². The fraction of sp³-hybridized carbons (Fsp3) is 0.429. The number of nitrogens with two attached hydrogens (primary N) is 1. The minimum Gasteiger partial charge on any atom is -0.451 e. The van der Waals surface area contributed by atoms with E-state index in [9.17, 15) is 9.59 Å². The highest BCUT2D eigenvalue weighted by Gasteiger charge is 2.41. The first-order valence-corrected chi connectivity index (χ1v) is 9.44. The summed E-state index contributed by atoms with van der Waals surface area (Å²) in [5.74, 6) is 0.108. The van der Waals surface area contributed by atoms with Crippen LogP contribution in [0, 0.1) is 5.41 Å². The zero-order chi connectivity index (χ0) is 19.0. The molecule has 6 nitrogen and oxygen atoms in total. The highest BCUT2D eigenvalue weighted by molar-refractivity contribution is 5.95. The van der Waals surface area contributed by atoms with Crippen molar-refractivity contribution in [2.45, 2.75) is 19.3 Å². The summed E-state index contributed by atoms with van der Waals surface area (Å²) < 4.78 is 5.49. The average Bonchev–Trinajstić information content (AvgIpc) is 3.29. The zero-order valence-electron chi connectivity index (χ0n) is 15.6. The minimum atomic E-state index is -0.603. The monoisotopic (exact) mass is 367 g/mol. The number of furan rings is 1. The summed E-state index contributed by atoms with van der Waals surface area (Å²) in [5, 5.41) is 0. The van der Waals surface area contributed by atoms with Crippen LogP contribution in [0.4, 0.5) is 0 Å². The summed E-state index contributed by atoms with van der Waals surface area (Å²) >= 11 is 0. The van der Waals surface area contributed by atoms with Gasteiger partial charge in [0.2, 0.25) is 0 Å². The summed E-state index contributed by atoms with van der Waals surface area (Å²) in [6, 6.07) is 10.6. The van der Waals surface area contributed by atoms with Crippen LogP contribution in [0.3, 0.4) is 0 Å². The molecular weight excluding hydrogens is 342 g/mol. The van der Waals surface area contributed by atoms with Crippen molar-refractivity contribution < 1.29 is 14.0 Å². The molecule has 0 unspecified atom stereocenters. The van der Waals surface area contributed by atoms with E-state index in [4.69, 9.17) is 10.2 Å². The molecule has 27 heavy (non-hydrogen) atoms. The van der Waals surface area contributed by atoms with E-state index in [1.807, 2.05) is 29.2 Å². The molecule has 6 heteroatoms. The lowest BCUT2D eigenvalue weighted by atomic mass is 9.79. The maximum atomic E-state index is 13.1. The van der Waals surface area contributed by atoms with E-state index in [1.165, 1.54) is 6.42 Å². The fourth-order valence-corrected chi connectivity index (χ4v) is 4.49. The van der Waals surface area contributed by atoms with Crippen molar-refractivity contribution in [3.8, 4) is 11.3 Å². The van der Waals surface area contributed by atoms with Crippen LogP contribution in [0.1, 0.15) is 40.2 Å². The second-order valence-corrected chi connectivity index (χ2v) is 7.93. The standard InChI is InChI=1S/C21H25N3O3/c1-23-11-9-21(13-23)8-3-10-24(14-21)20(26)16-5-2-4-15(12-16)17-6-7-18(27-17)19(22)25/h2,4-7,12H,3,8-11,13-14H2,1H3,(H2,22,25)/t21-/m1/s1. The van der Waals surface area contributed by atoms with Crippen LogP contribution in [0.25, 0.3) is 11.3 Å². The average molecular weight is 367 g/mol. The second-order valence-electron chi connectivity index (χ2n) is 7.93. The number of rotatable bonds is 3. The highest BCUT2D eigenvalue weighted by Crippen LogP contribution is 2.38. The third-order valence-corrected chi connectivity index (χ3v) is 5.82. The predicted octanol–water partition coefficient (Wildman–Crippen LogP) is 2.60. The lowest BCUT2D eigenvalue weighted by Crippen LogP contribution is -2.47. The van der Waals surface area contributed by atoms with Gasteiger partial charge in [0.1, 0.15) is 5.76 Å². The normalized spacial score (nSPS) is 23.1. The van der Waals surface area contributed by atoms with Gasteiger partial charge in [0, 0.05) is 36.2 Å². The predicted molar refractivity (Wildman–Crippen MR) is 102 cm³/mol. The molecule has 2 saturated heterocycles. The molecule has 0 saturated carbocycles. The molecule has 2 fully saturated rings. The van der Waals surface area contributed by atoms with Crippen molar-refractivity contribution in [3.63, 3.8) is 0 Å². The summed E-state index contributed by atoms with van der Waals surface area (Å²) in [5.41, 5.74) is 6.91. The maximum absolute atomic E-state index is 13.1. The highest BCUT2D eigenvalue weighted by atomic mass is 16.3. The molecule has 1 aromatic heterocycles. The molecule has 0 bridgehead atoms. The molecule has 2 N–H and O–H groups in total. The Labute approximate surface area is 158 Å². The Morgan fingerprint density at radius 3 is 2.67 bits per heavy atom. The molecule has 1 spiro atoms. The molecule has 2 aliphatic rings. The van der Waals surface area contributed by atoms with Crippen LogP contribution >= 0.6 is 0 Å². The van der Waals surface area contributed by atoms with Crippen LogP contribution in [0.5, 0.6) is 0 Å². The third kappa shape index (κ3) is 3.49. The maximum Gasteiger partial charge on any atom is 0.284 e. The van der Waals surface area contributed by atoms with Gasteiger partial charge < -0.3 is 20.0 Å². The zero-order valence-corrected chi connectivity index (χ0v) is 15.6. The first-order chi connectivity index (χ1) is 13.0. The van der Waals surface area contributed by atoms with Crippen LogP contribution in [0.15, 0.2) is 40.8 Å². The Balaban J connectivity index is 1.54. The van der Waals surface area contributed by atoms with Crippen molar-refractivity contribution in [2.24, 2.45) is 11.1 Å². The van der Waals surface area contributed by atoms with Gasteiger partial charge in [-0.1, -0.05) is 12.1 Å². The minimum absolute atomic E-state index is 0.0622. The van der Waals surface area contributed by atoms with Crippen LogP contribution in [0.2, 0.25) is 0 Å². The molecule has 2 aliphatic heterocycles. The van der Waals surface area contributed by atoms with Crippen molar-refractivity contribution in [2.75, 3.05) is 33.2 Å². The summed E-state index contributed by atoms with van der Waals surface area (Å²) in [6.45, 7) is 3.81. The summed E-state index contributed by atoms with van der Waals surface area (Å²) in [4.78, 5) is 28.7. The first kappa shape index (κ1) is 17.8. The van der Waals surface area contributed by atoms with Gasteiger partial charge in [-0.3, -0.25) is 9.59 Å². The Morgan fingerprint density at radius 1 is 1.11 bits per heavy atom. The Hall–Kier alpha value is -2.60. The molecule has 142 valence electrons. The number of amides is 2. The van der Waals surface area contributed by atoms with Crippen molar-refractivity contribution in [1.82, 2.24) is 9.80 Å². The van der Waals surface area contributed by atoms with E-state index in [1.54, 1.807) is 12.1 Å². The van der Waals surface area contributed by atoms with Gasteiger partial charge in [-0.2, -0.15) is 0 Å². The van der Waals surface area contributed by atoms with Gasteiger partial charge in [0.05, 0.1) is 0 Å². The lowest BCUT2D eigenvalue weighted by molar-refractivity contribution is 0.0534. The van der Waals surface area contributed by atoms with E-state index < -0.39 is 5.91 Å². The van der Waals surface area contributed by atoms with Crippen LogP contribution in [-0.2, 0) is 0 Å². The number of likely N-dealkylation sites (tertiary alicyclic amines) is 2. The molecule has 4 rings (SSSR count). The van der Waals surface area contributed by atoms with Crippen molar-refractivity contribution >= 4 is 11.8 Å². The number of nitrogens with zero attached hydrogens (tertiary/aromatic N) is 2. The number of carbonyl (C=O) groups excluding carboxylic acids is 2. The number of primary amides is 1. The van der Waals surface area contributed by atoms with Gasteiger partial charge in [0.15, 0.2) is 5.76 Å². The van der Waals surface area contributed by atoms with Crippen molar-refractivity contribution in [3.05, 3.63) is 47.7 Å². The number of hydrogen-bond acceptors (Lipinski definition) is 4. The summed E-state index contributed by atoms with van der Waals surface area (Å²) in [7, 11) is 2.16. The van der Waals surface area contributed by atoms with E-state index in [-0.39, 0.29) is 17.1 Å². The molecule has 1 aromatic carbocycles. The lowest BCUT2D eigenvalue weighted by Gasteiger charge is -2.40. The molecule has 2 aromatic rings. The molecule has 0 radical (unpaired) electrons. The van der Waals surface area contributed by atoms with Crippen LogP contribution in [-0.4, -0.2) is 54.8 Å². The van der Waals surface area contributed by atoms with Crippen LogP contribution < -0.4 is 5.73 Å². The third-order valence-electron chi connectivity index (χ3n) is 5.82. The smallest absolute Gasteiger partial charge is 0.284 e. The quantitative estimate of drug-likeness (QED) is 0.904. The topological polar surface area (TPSA) is 79.8 Å². The molecular formula is C21H25N3O3. The van der Waals surface area contributed by atoms with E-state index in [0.29, 0.717) is 11.3 Å². The first-order valence-electron chi connectivity index (χ1n) is 9.44. The number of carbonyl (C=O) groups is 2. The van der Waals surface area contributed by atoms with Gasteiger partial charge >= 0.3 is 0 Å². The Morgan fingerprint density at radius 2 is 1.96 bits per heavy atom. The Bertz CT molecular complexity index is 871. The fourth-order valence-electron chi connectivity index (χ4n) is 4.49. The number of benzene rings is 1. The Kier molecular flexibility index (Phi) is 4.52. The molecule has 2 amide bonds. The molecule has 1 atom stereocenters. The second kappa shape index (κ2) is 6.85. The van der Waals surface area contributed by atoms with Gasteiger partial charge in [0.25, 0.3) is 11.8 Å². The SMILES string of the molecule is CN1CC[C@]2(CCCN(C(=O)c3cccc(-c4ccc(C(N)=O)o4)c3)C2)C1. The number of piperidine rings is 1. The van der Waals surface area contributed by atoms with Gasteiger partial charge in [-0.05, 0) is 57.1 Å². The number of hydrogen-bond donors (Lipinski definition) is 1. The van der Waals surface area contributed by atoms with Crippen molar-refractivity contribution in [1.29, 1.82) is 0 Å². The largest absolute Gasteiger partial charge is 0.451 e. The van der Waals surface area contributed by atoms with Gasteiger partial charge in [-0.25, -0.2) is 0 Å². The summed E-state index contributed by atoms with van der Waals surface area (Å²) in [6.07, 6.45) is 3.42. The molecule has 0 aliphatic carbocycles.